The van der Waals surface area contributed by atoms with Crippen molar-refractivity contribution >= 4 is 23.4 Å². The molecule has 1 N–H and O–H groups in total. The Hall–Kier alpha value is -2.55. The molecule has 0 unspecified atom stereocenters. The summed E-state index contributed by atoms with van der Waals surface area (Å²) in [5, 5.41) is 3.32. The molecule has 0 saturated heterocycles. The standard InChI is InChI=1S/C17H17NO2/c1-2-20-17(19)13-12-14-8-6-7-11-16(14)18-15-9-4-3-5-10-15/h3-13,18H,2H2,1H3/b13-12+. The van der Waals surface area contributed by atoms with Crippen molar-refractivity contribution in [2.24, 2.45) is 0 Å². The molecule has 0 aromatic heterocycles. The first-order valence-corrected chi connectivity index (χ1v) is 6.55. The molecule has 3 nitrogen and oxygen atoms in total. The van der Waals surface area contributed by atoms with Crippen LogP contribution in [0.3, 0.4) is 0 Å². The predicted molar refractivity (Wildman–Crippen MR) is 81.8 cm³/mol. The van der Waals surface area contributed by atoms with E-state index in [2.05, 4.69) is 5.32 Å². The summed E-state index contributed by atoms with van der Waals surface area (Å²) < 4.78 is 4.88. The quantitative estimate of drug-likeness (QED) is 0.657. The van der Waals surface area contributed by atoms with Crippen molar-refractivity contribution in [1.29, 1.82) is 0 Å². The number of carbonyl (C=O) groups excluding carboxylic acids is 1. The molecule has 20 heavy (non-hydrogen) atoms. The van der Waals surface area contributed by atoms with E-state index in [1.54, 1.807) is 13.0 Å². The van der Waals surface area contributed by atoms with Crippen LogP contribution in [-0.2, 0) is 9.53 Å². The van der Waals surface area contributed by atoms with E-state index in [4.69, 9.17) is 4.74 Å². The topological polar surface area (TPSA) is 38.3 Å². The van der Waals surface area contributed by atoms with Gasteiger partial charge in [0.15, 0.2) is 0 Å². The van der Waals surface area contributed by atoms with Crippen LogP contribution in [0, 0.1) is 0 Å². The number of nitrogens with one attached hydrogen (secondary N) is 1. The summed E-state index contributed by atoms with van der Waals surface area (Å²) in [4.78, 5) is 11.4. The lowest BCUT2D eigenvalue weighted by Crippen LogP contribution is -1.99. The fraction of sp³-hybridized carbons (Fsp3) is 0.118. The fourth-order valence-corrected chi connectivity index (χ4v) is 1.78. The lowest BCUT2D eigenvalue weighted by molar-refractivity contribution is -0.137. The zero-order valence-electron chi connectivity index (χ0n) is 11.4. The van der Waals surface area contributed by atoms with E-state index in [1.807, 2.05) is 54.6 Å². The van der Waals surface area contributed by atoms with Gasteiger partial charge in [-0.2, -0.15) is 0 Å². The summed E-state index contributed by atoms with van der Waals surface area (Å²) in [7, 11) is 0. The van der Waals surface area contributed by atoms with Crippen LogP contribution in [0.2, 0.25) is 0 Å². The number of ether oxygens (including phenoxy) is 1. The van der Waals surface area contributed by atoms with Crippen LogP contribution in [0.15, 0.2) is 60.7 Å². The summed E-state index contributed by atoms with van der Waals surface area (Å²) in [5.74, 6) is -0.331. The van der Waals surface area contributed by atoms with Gasteiger partial charge in [-0.3, -0.25) is 0 Å². The Kier molecular flexibility index (Phi) is 4.95. The molecule has 0 atom stereocenters. The van der Waals surface area contributed by atoms with E-state index in [1.165, 1.54) is 6.08 Å². The Morgan fingerprint density at radius 3 is 2.55 bits per heavy atom. The van der Waals surface area contributed by atoms with Crippen molar-refractivity contribution < 1.29 is 9.53 Å². The van der Waals surface area contributed by atoms with Crippen LogP contribution in [0.4, 0.5) is 11.4 Å². The zero-order valence-corrected chi connectivity index (χ0v) is 11.4. The molecule has 0 bridgehead atoms. The number of carbonyl (C=O) groups is 1. The van der Waals surface area contributed by atoms with Crippen LogP contribution in [0.25, 0.3) is 6.08 Å². The van der Waals surface area contributed by atoms with E-state index >= 15 is 0 Å². The zero-order chi connectivity index (χ0) is 14.2. The molecule has 0 saturated carbocycles. The number of esters is 1. The van der Waals surface area contributed by atoms with Gasteiger partial charge in [-0.05, 0) is 36.8 Å². The van der Waals surface area contributed by atoms with Gasteiger partial charge in [0, 0.05) is 17.5 Å². The Bertz CT molecular complexity index is 591. The number of benzene rings is 2. The molecule has 2 aromatic carbocycles. The molecular weight excluding hydrogens is 250 g/mol. The van der Waals surface area contributed by atoms with Crippen LogP contribution < -0.4 is 5.32 Å². The fourth-order valence-electron chi connectivity index (χ4n) is 1.78. The van der Waals surface area contributed by atoms with Gasteiger partial charge in [-0.15, -0.1) is 0 Å². The van der Waals surface area contributed by atoms with Gasteiger partial charge in [0.25, 0.3) is 0 Å². The van der Waals surface area contributed by atoms with Crippen molar-refractivity contribution in [2.45, 2.75) is 6.92 Å². The molecule has 0 radical (unpaired) electrons. The second-order valence-electron chi connectivity index (χ2n) is 4.16. The molecule has 0 aliphatic carbocycles. The molecule has 3 heteroatoms. The summed E-state index contributed by atoms with van der Waals surface area (Å²) in [6.07, 6.45) is 3.19. The first kappa shape index (κ1) is 13.9. The molecule has 0 amide bonds. The summed E-state index contributed by atoms with van der Waals surface area (Å²) in [5.41, 5.74) is 2.88. The monoisotopic (exact) mass is 267 g/mol. The minimum Gasteiger partial charge on any atom is -0.463 e. The van der Waals surface area contributed by atoms with Crippen LogP contribution in [-0.4, -0.2) is 12.6 Å². The highest BCUT2D eigenvalue weighted by molar-refractivity contribution is 5.88. The maximum Gasteiger partial charge on any atom is 0.330 e. The Morgan fingerprint density at radius 1 is 1.10 bits per heavy atom. The molecule has 0 spiro atoms. The van der Waals surface area contributed by atoms with Crippen LogP contribution in [0.5, 0.6) is 0 Å². The summed E-state index contributed by atoms with van der Waals surface area (Å²) in [6, 6.07) is 17.7. The lowest BCUT2D eigenvalue weighted by Gasteiger charge is -2.09. The van der Waals surface area contributed by atoms with Gasteiger partial charge in [0.05, 0.1) is 6.61 Å². The van der Waals surface area contributed by atoms with Crippen molar-refractivity contribution in [3.63, 3.8) is 0 Å². The highest BCUT2D eigenvalue weighted by Crippen LogP contribution is 2.21. The largest absolute Gasteiger partial charge is 0.463 e. The van der Waals surface area contributed by atoms with E-state index in [-0.39, 0.29) is 5.97 Å². The first-order chi connectivity index (χ1) is 9.79. The lowest BCUT2D eigenvalue weighted by atomic mass is 10.1. The van der Waals surface area contributed by atoms with Gasteiger partial charge in [0.2, 0.25) is 0 Å². The minimum atomic E-state index is -0.331. The average Bonchev–Trinajstić information content (AvgIpc) is 2.48. The Balaban J connectivity index is 2.16. The minimum absolute atomic E-state index is 0.331. The third kappa shape index (κ3) is 3.99. The molecule has 2 aromatic rings. The molecule has 0 aliphatic rings. The third-order valence-corrected chi connectivity index (χ3v) is 2.70. The van der Waals surface area contributed by atoms with Gasteiger partial charge in [-0.1, -0.05) is 36.4 Å². The number of rotatable bonds is 5. The smallest absolute Gasteiger partial charge is 0.330 e. The number of hydrogen-bond donors (Lipinski definition) is 1. The van der Waals surface area contributed by atoms with Crippen molar-refractivity contribution in [2.75, 3.05) is 11.9 Å². The van der Waals surface area contributed by atoms with Gasteiger partial charge in [0.1, 0.15) is 0 Å². The summed E-state index contributed by atoms with van der Waals surface area (Å²) >= 11 is 0. The van der Waals surface area contributed by atoms with Crippen LogP contribution >= 0.6 is 0 Å². The highest BCUT2D eigenvalue weighted by Gasteiger charge is 2.00. The molecular formula is C17H17NO2. The van der Waals surface area contributed by atoms with Gasteiger partial charge >= 0.3 is 5.97 Å². The summed E-state index contributed by atoms with van der Waals surface area (Å²) in [6.45, 7) is 2.17. The number of hydrogen-bond acceptors (Lipinski definition) is 3. The maximum atomic E-state index is 11.4. The Morgan fingerprint density at radius 2 is 1.80 bits per heavy atom. The molecule has 102 valence electrons. The van der Waals surface area contributed by atoms with Crippen molar-refractivity contribution in [1.82, 2.24) is 0 Å². The number of para-hydroxylation sites is 2. The average molecular weight is 267 g/mol. The van der Waals surface area contributed by atoms with E-state index < -0.39 is 0 Å². The maximum absolute atomic E-state index is 11.4. The van der Waals surface area contributed by atoms with Gasteiger partial charge in [-0.25, -0.2) is 4.79 Å². The predicted octanol–water partition coefficient (Wildman–Crippen LogP) is 4.01. The second-order valence-corrected chi connectivity index (χ2v) is 4.16. The van der Waals surface area contributed by atoms with Gasteiger partial charge < -0.3 is 10.1 Å². The third-order valence-electron chi connectivity index (χ3n) is 2.70. The number of anilines is 2. The molecule has 0 aliphatic heterocycles. The Labute approximate surface area is 118 Å². The van der Waals surface area contributed by atoms with Crippen LogP contribution in [0.1, 0.15) is 12.5 Å². The normalized spacial score (nSPS) is 10.4. The molecule has 0 heterocycles. The SMILES string of the molecule is CCOC(=O)/C=C/c1ccccc1Nc1ccccc1. The van der Waals surface area contributed by atoms with E-state index in [9.17, 15) is 4.79 Å². The highest BCUT2D eigenvalue weighted by atomic mass is 16.5. The molecule has 0 fully saturated rings. The second kappa shape index (κ2) is 7.14. The van der Waals surface area contributed by atoms with Crippen molar-refractivity contribution in [3.8, 4) is 0 Å². The van der Waals surface area contributed by atoms with E-state index in [0.29, 0.717) is 6.61 Å². The van der Waals surface area contributed by atoms with E-state index in [0.717, 1.165) is 16.9 Å². The molecule has 2 rings (SSSR count). The first-order valence-electron chi connectivity index (χ1n) is 6.55. The van der Waals surface area contributed by atoms with Crippen molar-refractivity contribution in [3.05, 3.63) is 66.2 Å².